The van der Waals surface area contributed by atoms with Crippen LogP contribution in [0.2, 0.25) is 0 Å². The molecule has 0 bridgehead atoms. The van der Waals surface area contributed by atoms with Crippen LogP contribution in [-0.4, -0.2) is 0 Å². The molecule has 0 radical (unpaired) electrons. The zero-order valence-electron chi connectivity index (χ0n) is 16.1. The highest BCUT2D eigenvalue weighted by atomic mass is 16.4. The average Bonchev–Trinajstić information content (AvgIpc) is 3.43. The molecule has 0 saturated carbocycles. The molecule has 2 heteroatoms. The molecule has 3 aromatic carbocycles. The number of aryl methyl sites for hydroxylation is 1. The molecule has 0 fully saturated rings. The van der Waals surface area contributed by atoms with Gasteiger partial charge < -0.3 is 8.83 Å². The summed E-state index contributed by atoms with van der Waals surface area (Å²) in [5, 5.41) is 0. The highest BCUT2D eigenvalue weighted by Gasteiger charge is 2.21. The van der Waals surface area contributed by atoms with Gasteiger partial charge in [-0.15, -0.1) is 0 Å². The number of hydrogen-bond acceptors (Lipinski definition) is 2. The molecular formula is C27H20O2. The number of benzene rings is 3. The first kappa shape index (κ1) is 17.3. The van der Waals surface area contributed by atoms with Crippen molar-refractivity contribution in [1.82, 2.24) is 0 Å². The van der Waals surface area contributed by atoms with Crippen LogP contribution in [0.1, 0.15) is 5.56 Å². The van der Waals surface area contributed by atoms with E-state index in [2.05, 4.69) is 61.5 Å². The van der Waals surface area contributed by atoms with Crippen molar-refractivity contribution in [3.8, 4) is 45.1 Å². The molecule has 2 nitrogen and oxygen atoms in total. The van der Waals surface area contributed by atoms with Gasteiger partial charge in [0.15, 0.2) is 0 Å². The Hall–Kier alpha value is -3.78. The molecule has 0 spiro atoms. The van der Waals surface area contributed by atoms with Gasteiger partial charge in [-0.1, -0.05) is 90.5 Å². The topological polar surface area (TPSA) is 26.3 Å². The molecule has 140 valence electrons. The number of hydrogen-bond donors (Lipinski definition) is 0. The third-order valence-electron chi connectivity index (χ3n) is 5.10. The second kappa shape index (κ2) is 7.33. The zero-order chi connectivity index (χ0) is 19.6. The minimum absolute atomic E-state index is 0.813. The van der Waals surface area contributed by atoms with E-state index in [4.69, 9.17) is 8.83 Å². The van der Waals surface area contributed by atoms with Gasteiger partial charge in [0.25, 0.3) is 0 Å². The van der Waals surface area contributed by atoms with E-state index < -0.39 is 0 Å². The molecule has 0 aliphatic heterocycles. The molecule has 0 saturated heterocycles. The van der Waals surface area contributed by atoms with E-state index in [1.165, 1.54) is 5.56 Å². The Morgan fingerprint density at radius 2 is 1.21 bits per heavy atom. The predicted molar refractivity (Wildman–Crippen MR) is 117 cm³/mol. The lowest BCUT2D eigenvalue weighted by Crippen LogP contribution is -1.82. The van der Waals surface area contributed by atoms with Gasteiger partial charge in [0.1, 0.15) is 17.3 Å². The Balaban J connectivity index is 1.70. The molecule has 0 N–H and O–H groups in total. The Kier molecular flexibility index (Phi) is 4.38. The van der Waals surface area contributed by atoms with Crippen molar-refractivity contribution >= 4 is 0 Å². The normalized spacial score (nSPS) is 10.9. The van der Waals surface area contributed by atoms with Gasteiger partial charge in [0.05, 0.1) is 11.8 Å². The van der Waals surface area contributed by atoms with E-state index in [-0.39, 0.29) is 0 Å². The zero-order valence-corrected chi connectivity index (χ0v) is 16.1. The van der Waals surface area contributed by atoms with Crippen molar-refractivity contribution in [2.75, 3.05) is 0 Å². The molecule has 2 aromatic heterocycles. The maximum absolute atomic E-state index is 6.36. The minimum Gasteiger partial charge on any atom is -0.464 e. The quantitative estimate of drug-likeness (QED) is 0.319. The Morgan fingerprint density at radius 1 is 0.552 bits per heavy atom. The van der Waals surface area contributed by atoms with Crippen LogP contribution in [0.5, 0.6) is 0 Å². The van der Waals surface area contributed by atoms with Crippen molar-refractivity contribution in [2.45, 2.75) is 6.92 Å². The summed E-state index contributed by atoms with van der Waals surface area (Å²) >= 11 is 0. The van der Waals surface area contributed by atoms with E-state index in [1.807, 2.05) is 42.5 Å². The monoisotopic (exact) mass is 376 g/mol. The van der Waals surface area contributed by atoms with Crippen molar-refractivity contribution in [2.24, 2.45) is 0 Å². The molecule has 2 heterocycles. The van der Waals surface area contributed by atoms with E-state index >= 15 is 0 Å². The fraction of sp³-hybridized carbons (Fsp3) is 0.0370. The SMILES string of the molecule is Cc1ccc(-c2ccoc2-c2cc(-c3ccccc3)oc2-c2ccccc2)cc1. The summed E-state index contributed by atoms with van der Waals surface area (Å²) in [6.45, 7) is 2.09. The highest BCUT2D eigenvalue weighted by molar-refractivity contribution is 5.89. The number of furan rings is 2. The molecule has 0 aliphatic rings. The predicted octanol–water partition coefficient (Wildman–Crippen LogP) is 7.85. The van der Waals surface area contributed by atoms with Gasteiger partial charge in [-0.25, -0.2) is 0 Å². The Bertz CT molecular complexity index is 1230. The minimum atomic E-state index is 0.813. The lowest BCUT2D eigenvalue weighted by atomic mass is 9.99. The standard InChI is InChI=1S/C27H20O2/c1-19-12-14-20(15-13-19)23-16-17-28-27(23)24-18-25(21-8-4-2-5-9-21)29-26(24)22-10-6-3-7-11-22/h2-18H,1H3. The molecule has 29 heavy (non-hydrogen) atoms. The largest absolute Gasteiger partial charge is 0.464 e. The summed E-state index contributed by atoms with van der Waals surface area (Å²) in [7, 11) is 0. The molecule has 0 atom stereocenters. The van der Waals surface area contributed by atoms with E-state index in [0.29, 0.717) is 0 Å². The molecular weight excluding hydrogens is 356 g/mol. The average molecular weight is 376 g/mol. The maximum atomic E-state index is 6.36. The van der Waals surface area contributed by atoms with Crippen LogP contribution in [0.15, 0.2) is 112 Å². The van der Waals surface area contributed by atoms with Crippen molar-refractivity contribution < 1.29 is 8.83 Å². The summed E-state index contributed by atoms with van der Waals surface area (Å²) in [6, 6.07) is 32.9. The van der Waals surface area contributed by atoms with Crippen LogP contribution in [0.4, 0.5) is 0 Å². The van der Waals surface area contributed by atoms with E-state index in [1.54, 1.807) is 6.26 Å². The Labute approximate surface area is 170 Å². The first-order valence-corrected chi connectivity index (χ1v) is 9.69. The van der Waals surface area contributed by atoms with Gasteiger partial charge in [-0.3, -0.25) is 0 Å². The fourth-order valence-electron chi connectivity index (χ4n) is 3.59. The van der Waals surface area contributed by atoms with Gasteiger partial charge in [-0.2, -0.15) is 0 Å². The first-order chi connectivity index (χ1) is 14.3. The van der Waals surface area contributed by atoms with Crippen LogP contribution >= 0.6 is 0 Å². The van der Waals surface area contributed by atoms with E-state index in [9.17, 15) is 0 Å². The molecule has 5 rings (SSSR count). The maximum Gasteiger partial charge on any atom is 0.145 e. The first-order valence-electron chi connectivity index (χ1n) is 9.69. The third kappa shape index (κ3) is 3.30. The second-order valence-electron chi connectivity index (χ2n) is 7.11. The molecule has 5 aromatic rings. The molecule has 0 unspecified atom stereocenters. The molecule has 0 aliphatic carbocycles. The number of rotatable bonds is 4. The third-order valence-corrected chi connectivity index (χ3v) is 5.10. The van der Waals surface area contributed by atoms with Gasteiger partial charge in [0, 0.05) is 16.7 Å². The summed E-state index contributed by atoms with van der Waals surface area (Å²) in [6.07, 6.45) is 1.74. The Morgan fingerprint density at radius 3 is 1.90 bits per heavy atom. The summed E-state index contributed by atoms with van der Waals surface area (Å²) in [5.41, 5.74) is 6.44. The van der Waals surface area contributed by atoms with Crippen molar-refractivity contribution in [3.63, 3.8) is 0 Å². The van der Waals surface area contributed by atoms with Gasteiger partial charge in [-0.05, 0) is 24.6 Å². The van der Waals surface area contributed by atoms with Crippen LogP contribution in [-0.2, 0) is 0 Å². The van der Waals surface area contributed by atoms with Crippen molar-refractivity contribution in [3.05, 3.63) is 109 Å². The summed E-state index contributed by atoms with van der Waals surface area (Å²) in [5.74, 6) is 2.46. The van der Waals surface area contributed by atoms with Crippen molar-refractivity contribution in [1.29, 1.82) is 0 Å². The van der Waals surface area contributed by atoms with E-state index in [0.717, 1.165) is 45.1 Å². The highest BCUT2D eigenvalue weighted by Crippen LogP contribution is 2.43. The van der Waals surface area contributed by atoms with Crippen LogP contribution in [0, 0.1) is 6.92 Å². The summed E-state index contributed by atoms with van der Waals surface area (Å²) < 4.78 is 12.3. The van der Waals surface area contributed by atoms with Crippen LogP contribution in [0.3, 0.4) is 0 Å². The smallest absolute Gasteiger partial charge is 0.145 e. The lowest BCUT2D eigenvalue weighted by Gasteiger charge is -2.05. The van der Waals surface area contributed by atoms with Crippen LogP contribution < -0.4 is 0 Å². The lowest BCUT2D eigenvalue weighted by molar-refractivity contribution is 0.576. The fourth-order valence-corrected chi connectivity index (χ4v) is 3.59. The second-order valence-corrected chi connectivity index (χ2v) is 7.11. The molecule has 0 amide bonds. The van der Waals surface area contributed by atoms with Crippen LogP contribution in [0.25, 0.3) is 45.1 Å². The summed E-state index contributed by atoms with van der Waals surface area (Å²) in [4.78, 5) is 0. The van der Waals surface area contributed by atoms with Gasteiger partial charge in [0.2, 0.25) is 0 Å². The van der Waals surface area contributed by atoms with Gasteiger partial charge >= 0.3 is 0 Å².